The van der Waals surface area contributed by atoms with Crippen molar-refractivity contribution in [3.63, 3.8) is 0 Å². The number of nitrogens with one attached hydrogen (secondary N) is 1. The summed E-state index contributed by atoms with van der Waals surface area (Å²) in [6, 6.07) is 8.45. The summed E-state index contributed by atoms with van der Waals surface area (Å²) in [5, 5.41) is 2.69. The molecule has 1 atom stereocenters. The molecule has 2 fully saturated rings. The lowest BCUT2D eigenvalue weighted by Gasteiger charge is -2.23. The molecule has 0 radical (unpaired) electrons. The molecule has 1 aliphatic heterocycles. The molecular formula is C19H24N2O4. The fourth-order valence-electron chi connectivity index (χ4n) is 3.55. The first kappa shape index (κ1) is 17.5. The van der Waals surface area contributed by atoms with Gasteiger partial charge in [-0.1, -0.05) is 49.6 Å². The van der Waals surface area contributed by atoms with Crippen molar-refractivity contribution in [2.45, 2.75) is 44.6 Å². The number of hydrogen-bond acceptors (Lipinski definition) is 4. The first-order valence-electron chi connectivity index (χ1n) is 8.86. The van der Waals surface area contributed by atoms with Crippen LogP contribution in [0.2, 0.25) is 0 Å². The molecule has 1 heterocycles. The summed E-state index contributed by atoms with van der Waals surface area (Å²) in [4.78, 5) is 37.9. The number of esters is 1. The van der Waals surface area contributed by atoms with Crippen molar-refractivity contribution in [1.82, 2.24) is 10.2 Å². The Morgan fingerprint density at radius 1 is 1.20 bits per heavy atom. The molecule has 1 saturated heterocycles. The smallest absolute Gasteiger partial charge is 0.326 e. The number of carbonyl (C=O) groups excluding carboxylic acids is 3. The lowest BCUT2D eigenvalue weighted by atomic mass is 9.90. The van der Waals surface area contributed by atoms with Crippen molar-refractivity contribution in [1.29, 1.82) is 0 Å². The maximum absolute atomic E-state index is 12.7. The van der Waals surface area contributed by atoms with Gasteiger partial charge in [0.2, 0.25) is 0 Å². The van der Waals surface area contributed by atoms with Crippen molar-refractivity contribution in [2.24, 2.45) is 5.92 Å². The standard InChI is InChI=1S/C19H24N2O4/c1-19(15-10-6-3-7-11-15)17(23)21(18(24)20-19)12-16(22)25-13-14-8-4-2-5-9-14/h3,6-7,10-11,14H,2,4-5,8-9,12-13H2,1H3,(H,20,24)/t19-/m0/s1. The molecule has 1 aromatic rings. The van der Waals surface area contributed by atoms with Gasteiger partial charge >= 0.3 is 12.0 Å². The van der Waals surface area contributed by atoms with Gasteiger partial charge in [0.1, 0.15) is 12.1 Å². The van der Waals surface area contributed by atoms with Gasteiger partial charge in [-0.3, -0.25) is 14.5 Å². The van der Waals surface area contributed by atoms with Gasteiger partial charge in [-0.15, -0.1) is 0 Å². The van der Waals surface area contributed by atoms with Crippen LogP contribution in [0.25, 0.3) is 0 Å². The molecule has 3 rings (SSSR count). The van der Waals surface area contributed by atoms with Gasteiger partial charge in [-0.05, 0) is 31.2 Å². The number of carbonyl (C=O) groups is 3. The summed E-state index contributed by atoms with van der Waals surface area (Å²) < 4.78 is 5.30. The lowest BCUT2D eigenvalue weighted by molar-refractivity contribution is -0.149. The highest BCUT2D eigenvalue weighted by Gasteiger charge is 2.49. The first-order valence-corrected chi connectivity index (χ1v) is 8.86. The average molecular weight is 344 g/mol. The Morgan fingerprint density at radius 2 is 1.88 bits per heavy atom. The van der Waals surface area contributed by atoms with E-state index in [-0.39, 0.29) is 6.54 Å². The predicted octanol–water partition coefficient (Wildman–Crippen LogP) is 2.58. The van der Waals surface area contributed by atoms with E-state index >= 15 is 0 Å². The number of rotatable bonds is 5. The molecule has 1 saturated carbocycles. The summed E-state index contributed by atoms with van der Waals surface area (Å²) in [7, 11) is 0. The minimum absolute atomic E-state index is 0.347. The van der Waals surface area contributed by atoms with Crippen molar-refractivity contribution in [3.05, 3.63) is 35.9 Å². The third-order valence-electron chi connectivity index (χ3n) is 5.12. The normalized spacial score (nSPS) is 24.3. The van der Waals surface area contributed by atoms with E-state index in [1.165, 1.54) is 19.3 Å². The Balaban J connectivity index is 1.60. The minimum atomic E-state index is -1.15. The molecule has 134 valence electrons. The zero-order valence-corrected chi connectivity index (χ0v) is 14.5. The SMILES string of the molecule is C[C@@]1(c2ccccc2)NC(=O)N(CC(=O)OCC2CCCCC2)C1=O. The molecule has 2 aliphatic rings. The second-order valence-corrected chi connectivity index (χ2v) is 7.00. The Morgan fingerprint density at radius 3 is 2.56 bits per heavy atom. The van der Waals surface area contributed by atoms with Gasteiger partial charge in [0.05, 0.1) is 6.61 Å². The number of amides is 3. The fraction of sp³-hybridized carbons (Fsp3) is 0.526. The molecule has 0 aromatic heterocycles. The highest BCUT2D eigenvalue weighted by atomic mass is 16.5. The zero-order chi connectivity index (χ0) is 17.9. The van der Waals surface area contributed by atoms with Crippen molar-refractivity contribution in [2.75, 3.05) is 13.2 Å². The average Bonchev–Trinajstić information content (AvgIpc) is 2.86. The Bertz CT molecular complexity index is 655. The summed E-state index contributed by atoms with van der Waals surface area (Å²) in [5.74, 6) is -0.569. The quantitative estimate of drug-likeness (QED) is 0.658. The maximum Gasteiger partial charge on any atom is 0.326 e. The summed E-state index contributed by atoms with van der Waals surface area (Å²) in [5.41, 5.74) is -0.464. The summed E-state index contributed by atoms with van der Waals surface area (Å²) >= 11 is 0. The van der Waals surface area contributed by atoms with Crippen LogP contribution in [0.15, 0.2) is 30.3 Å². The third-order valence-corrected chi connectivity index (χ3v) is 5.12. The van der Waals surface area contributed by atoms with Crippen LogP contribution < -0.4 is 5.32 Å². The predicted molar refractivity (Wildman–Crippen MR) is 91.6 cm³/mol. The number of imide groups is 1. The highest BCUT2D eigenvalue weighted by Crippen LogP contribution is 2.28. The molecule has 25 heavy (non-hydrogen) atoms. The molecular weight excluding hydrogens is 320 g/mol. The van der Waals surface area contributed by atoms with Gasteiger partial charge in [-0.25, -0.2) is 4.79 Å². The largest absolute Gasteiger partial charge is 0.464 e. The second-order valence-electron chi connectivity index (χ2n) is 7.00. The van der Waals surface area contributed by atoms with Crippen LogP contribution in [0.4, 0.5) is 4.79 Å². The van der Waals surface area contributed by atoms with Crippen LogP contribution in [0.5, 0.6) is 0 Å². The number of ether oxygens (including phenoxy) is 1. The van der Waals surface area contributed by atoms with E-state index in [2.05, 4.69) is 5.32 Å². The highest BCUT2D eigenvalue weighted by molar-refractivity contribution is 6.08. The number of urea groups is 1. The van der Waals surface area contributed by atoms with E-state index in [9.17, 15) is 14.4 Å². The van der Waals surface area contributed by atoms with Crippen LogP contribution in [0.3, 0.4) is 0 Å². The van der Waals surface area contributed by atoms with E-state index in [1.54, 1.807) is 31.2 Å². The van der Waals surface area contributed by atoms with Gasteiger partial charge in [-0.2, -0.15) is 0 Å². The Kier molecular flexibility index (Phi) is 5.06. The van der Waals surface area contributed by atoms with E-state index in [1.807, 2.05) is 6.07 Å². The second kappa shape index (κ2) is 7.25. The van der Waals surface area contributed by atoms with Crippen molar-refractivity contribution in [3.8, 4) is 0 Å². The molecule has 6 nitrogen and oxygen atoms in total. The van der Waals surface area contributed by atoms with E-state index < -0.39 is 23.4 Å². The van der Waals surface area contributed by atoms with E-state index in [0.717, 1.165) is 17.7 Å². The molecule has 1 aromatic carbocycles. The van der Waals surface area contributed by atoms with Crippen LogP contribution >= 0.6 is 0 Å². The summed E-state index contributed by atoms with van der Waals surface area (Å²) in [6.45, 7) is 1.67. The molecule has 0 unspecified atom stereocenters. The van der Waals surface area contributed by atoms with Gasteiger partial charge in [0, 0.05) is 0 Å². The molecule has 6 heteroatoms. The minimum Gasteiger partial charge on any atom is -0.464 e. The van der Waals surface area contributed by atoms with Gasteiger partial charge in [0.25, 0.3) is 5.91 Å². The maximum atomic E-state index is 12.7. The molecule has 3 amide bonds. The van der Waals surface area contributed by atoms with Crippen LogP contribution in [-0.4, -0.2) is 36.0 Å². The zero-order valence-electron chi connectivity index (χ0n) is 14.5. The Hall–Kier alpha value is -2.37. The molecule has 1 aliphatic carbocycles. The fourth-order valence-corrected chi connectivity index (χ4v) is 3.55. The molecule has 1 N–H and O–H groups in total. The van der Waals surface area contributed by atoms with E-state index in [4.69, 9.17) is 4.74 Å². The van der Waals surface area contributed by atoms with Gasteiger partial charge < -0.3 is 10.1 Å². The number of benzene rings is 1. The summed E-state index contributed by atoms with van der Waals surface area (Å²) in [6.07, 6.45) is 5.73. The van der Waals surface area contributed by atoms with Crippen molar-refractivity contribution < 1.29 is 19.1 Å². The van der Waals surface area contributed by atoms with Crippen molar-refractivity contribution >= 4 is 17.9 Å². The van der Waals surface area contributed by atoms with Crippen LogP contribution in [0.1, 0.15) is 44.6 Å². The molecule has 0 bridgehead atoms. The van der Waals surface area contributed by atoms with Crippen LogP contribution in [-0.2, 0) is 19.9 Å². The topological polar surface area (TPSA) is 75.7 Å². The van der Waals surface area contributed by atoms with E-state index in [0.29, 0.717) is 18.1 Å². The number of nitrogens with zero attached hydrogens (tertiary/aromatic N) is 1. The number of hydrogen-bond donors (Lipinski definition) is 1. The van der Waals surface area contributed by atoms with Gasteiger partial charge in [0.15, 0.2) is 0 Å². The Labute approximate surface area is 147 Å². The monoisotopic (exact) mass is 344 g/mol. The molecule has 0 spiro atoms. The third kappa shape index (κ3) is 3.67. The lowest BCUT2D eigenvalue weighted by Crippen LogP contribution is -2.41. The van der Waals surface area contributed by atoms with Crippen LogP contribution in [0, 0.1) is 5.92 Å². The first-order chi connectivity index (χ1) is 12.0.